The van der Waals surface area contributed by atoms with Crippen molar-refractivity contribution in [2.45, 2.75) is 40.2 Å². The van der Waals surface area contributed by atoms with E-state index >= 15 is 0 Å². The average molecular weight is 289 g/mol. The van der Waals surface area contributed by atoms with Crippen molar-refractivity contribution in [1.82, 2.24) is 14.9 Å². The largest absolute Gasteiger partial charge is 0.384 e. The summed E-state index contributed by atoms with van der Waals surface area (Å²) in [7, 11) is 0. The molecular formula is C14H23N7. The van der Waals surface area contributed by atoms with Crippen LogP contribution in [0.4, 0.5) is 0 Å². The van der Waals surface area contributed by atoms with E-state index in [9.17, 15) is 0 Å². The lowest BCUT2D eigenvalue weighted by atomic mass is 10.1. The molecule has 21 heavy (non-hydrogen) atoms. The summed E-state index contributed by atoms with van der Waals surface area (Å²) in [5, 5.41) is 11.1. The number of imidazole rings is 1. The molecule has 6 N–H and O–H groups in total. The molecule has 7 heteroatoms. The molecule has 0 atom stereocenters. The summed E-state index contributed by atoms with van der Waals surface area (Å²) in [6, 6.07) is 0. The highest BCUT2D eigenvalue weighted by molar-refractivity contribution is 5.81. The zero-order valence-corrected chi connectivity index (χ0v) is 12.8. The van der Waals surface area contributed by atoms with Gasteiger partial charge < -0.3 is 21.4 Å². The first kappa shape index (κ1) is 15.1. The Balaban J connectivity index is 2.66. The molecule has 7 nitrogen and oxygen atoms in total. The lowest BCUT2D eigenvalue weighted by Gasteiger charge is -2.09. The van der Waals surface area contributed by atoms with E-state index in [1.54, 1.807) is 6.33 Å². The lowest BCUT2D eigenvalue weighted by molar-refractivity contribution is 0.509. The van der Waals surface area contributed by atoms with Crippen LogP contribution in [0.1, 0.15) is 33.6 Å². The Hall–Kier alpha value is -2.31. The van der Waals surface area contributed by atoms with Gasteiger partial charge in [0.05, 0.1) is 12.0 Å². The predicted octanol–water partition coefficient (Wildman–Crippen LogP) is -0.266. The Morgan fingerprint density at radius 3 is 2.81 bits per heavy atom. The second kappa shape index (κ2) is 5.99. The Kier molecular flexibility index (Phi) is 4.30. The van der Waals surface area contributed by atoms with Crippen molar-refractivity contribution in [3.63, 3.8) is 0 Å². The molecule has 0 aliphatic carbocycles. The number of nitrogens with one attached hydrogen (secondary N) is 2. The molecule has 0 unspecified atom stereocenters. The summed E-state index contributed by atoms with van der Waals surface area (Å²) in [5.74, 6) is 0.900. The summed E-state index contributed by atoms with van der Waals surface area (Å²) >= 11 is 0. The summed E-state index contributed by atoms with van der Waals surface area (Å²) in [6.45, 7) is 7.12. The number of nitrogens with two attached hydrogens (primary N) is 2. The first-order valence-electron chi connectivity index (χ1n) is 7.14. The monoisotopic (exact) mass is 289 g/mol. The Morgan fingerprint density at radius 1 is 1.52 bits per heavy atom. The van der Waals surface area contributed by atoms with Gasteiger partial charge in [-0.15, -0.1) is 0 Å². The van der Waals surface area contributed by atoms with Crippen molar-refractivity contribution in [2.75, 3.05) is 0 Å². The van der Waals surface area contributed by atoms with E-state index in [0.717, 1.165) is 35.1 Å². The van der Waals surface area contributed by atoms with Crippen LogP contribution in [0.5, 0.6) is 0 Å². The fourth-order valence-corrected chi connectivity index (χ4v) is 2.39. The first-order valence-corrected chi connectivity index (χ1v) is 7.14. The van der Waals surface area contributed by atoms with Gasteiger partial charge in [-0.2, -0.15) is 0 Å². The van der Waals surface area contributed by atoms with Crippen molar-refractivity contribution in [3.8, 4) is 0 Å². The molecule has 1 aliphatic rings. The molecule has 0 aromatic carbocycles. The third-order valence-electron chi connectivity index (χ3n) is 3.35. The maximum atomic E-state index is 7.47. The summed E-state index contributed by atoms with van der Waals surface area (Å²) < 4.78 is 1.99. The fourth-order valence-electron chi connectivity index (χ4n) is 2.39. The van der Waals surface area contributed by atoms with E-state index in [1.807, 2.05) is 11.5 Å². The van der Waals surface area contributed by atoms with Gasteiger partial charge in [0.15, 0.2) is 11.4 Å². The van der Waals surface area contributed by atoms with Crippen LogP contribution in [0.3, 0.4) is 0 Å². The number of fused-ring (bicyclic) bond motifs is 1. The average Bonchev–Trinajstić information content (AvgIpc) is 2.70. The van der Waals surface area contributed by atoms with E-state index < -0.39 is 0 Å². The minimum Gasteiger partial charge on any atom is -0.384 e. The number of hydrogen-bond donors (Lipinski definition) is 4. The van der Waals surface area contributed by atoms with Gasteiger partial charge >= 0.3 is 0 Å². The van der Waals surface area contributed by atoms with Crippen LogP contribution in [0, 0.1) is 11.3 Å². The van der Waals surface area contributed by atoms with Gasteiger partial charge in [-0.1, -0.05) is 20.8 Å². The minimum atomic E-state index is -0.106. The number of nitrogens with zero attached hydrogens (tertiary/aromatic N) is 3. The quantitative estimate of drug-likeness (QED) is 0.451. The van der Waals surface area contributed by atoms with Gasteiger partial charge in [-0.05, 0) is 17.9 Å². The number of guanidine groups is 1. The maximum absolute atomic E-state index is 7.47. The van der Waals surface area contributed by atoms with Gasteiger partial charge in [0.25, 0.3) is 0 Å². The summed E-state index contributed by atoms with van der Waals surface area (Å²) in [5.41, 5.74) is 14.1. The van der Waals surface area contributed by atoms with Gasteiger partial charge in [-0.25, -0.2) is 9.98 Å². The zero-order chi connectivity index (χ0) is 15.6. The topological polar surface area (TPSA) is 118 Å². The molecule has 0 fully saturated rings. The molecule has 114 valence electrons. The van der Waals surface area contributed by atoms with Crippen LogP contribution in [-0.2, 0) is 6.54 Å². The molecule has 1 aromatic heterocycles. The molecule has 0 amide bonds. The van der Waals surface area contributed by atoms with Crippen LogP contribution >= 0.6 is 0 Å². The van der Waals surface area contributed by atoms with Gasteiger partial charge in [0, 0.05) is 13.0 Å². The Labute approximate surface area is 124 Å². The fraction of sp³-hybridized carbons (Fsp3) is 0.500. The highest BCUT2D eigenvalue weighted by Gasteiger charge is 2.15. The molecule has 1 aliphatic heterocycles. The minimum absolute atomic E-state index is 0.106. The van der Waals surface area contributed by atoms with Crippen molar-refractivity contribution in [2.24, 2.45) is 22.4 Å². The van der Waals surface area contributed by atoms with Crippen LogP contribution in [0.15, 0.2) is 22.7 Å². The van der Waals surface area contributed by atoms with Crippen molar-refractivity contribution >= 4 is 11.7 Å². The van der Waals surface area contributed by atoms with Crippen molar-refractivity contribution in [3.05, 3.63) is 28.6 Å². The smallest absolute Gasteiger partial charge is 0.190 e. The number of aromatic nitrogens is 2. The molecule has 2 heterocycles. The maximum Gasteiger partial charge on any atom is 0.190 e. The summed E-state index contributed by atoms with van der Waals surface area (Å²) in [6.07, 6.45) is 3.14. The molecule has 1 aromatic rings. The van der Waals surface area contributed by atoms with Crippen LogP contribution < -0.4 is 27.6 Å². The number of rotatable bonds is 4. The molecule has 0 bridgehead atoms. The summed E-state index contributed by atoms with van der Waals surface area (Å²) in [4.78, 5) is 8.99. The molecular weight excluding hydrogens is 266 g/mol. The molecule has 0 radical (unpaired) electrons. The Bertz CT molecular complexity index is 693. The van der Waals surface area contributed by atoms with E-state index in [1.165, 1.54) is 0 Å². The van der Waals surface area contributed by atoms with Crippen molar-refractivity contribution < 1.29 is 0 Å². The SMILES string of the molecule is CCC1=C(N)N=c2c(ncn2CC(C)C)=C(NC(=N)N)C1. The van der Waals surface area contributed by atoms with Crippen LogP contribution in [0.2, 0.25) is 0 Å². The third kappa shape index (κ3) is 3.24. The second-order valence-electron chi connectivity index (χ2n) is 5.61. The first-order chi connectivity index (χ1) is 9.92. The highest BCUT2D eigenvalue weighted by Crippen LogP contribution is 2.16. The second-order valence-corrected chi connectivity index (χ2v) is 5.61. The molecule has 2 rings (SSSR count). The standard InChI is InChI=1S/C14H23N7/c1-4-9-5-10(19-14(16)17)11-13(20-12(9)15)21(7-18-11)6-8(2)3/h7-8H,4-6,15H2,1-3H3,(H4,16,17,19). The Morgan fingerprint density at radius 2 is 2.24 bits per heavy atom. The van der Waals surface area contributed by atoms with Gasteiger partial charge in [0.1, 0.15) is 11.2 Å². The third-order valence-corrected chi connectivity index (χ3v) is 3.35. The van der Waals surface area contributed by atoms with E-state index in [4.69, 9.17) is 16.9 Å². The molecule has 0 saturated heterocycles. The number of hydrogen-bond acceptors (Lipinski definition) is 4. The molecule has 0 saturated carbocycles. The van der Waals surface area contributed by atoms with Crippen LogP contribution in [0.25, 0.3) is 5.70 Å². The predicted molar refractivity (Wildman–Crippen MR) is 82.4 cm³/mol. The van der Waals surface area contributed by atoms with Gasteiger partial charge in [-0.3, -0.25) is 5.41 Å². The van der Waals surface area contributed by atoms with Crippen LogP contribution in [-0.4, -0.2) is 15.5 Å². The zero-order valence-electron chi connectivity index (χ0n) is 12.8. The van der Waals surface area contributed by atoms with Crippen molar-refractivity contribution in [1.29, 1.82) is 5.41 Å². The normalized spacial score (nSPS) is 14.8. The van der Waals surface area contributed by atoms with E-state index in [0.29, 0.717) is 18.2 Å². The molecule has 0 spiro atoms. The van der Waals surface area contributed by atoms with Gasteiger partial charge in [0.2, 0.25) is 0 Å². The lowest BCUT2D eigenvalue weighted by Crippen LogP contribution is -2.39. The van der Waals surface area contributed by atoms with E-state index in [2.05, 4.69) is 29.1 Å². The van der Waals surface area contributed by atoms with E-state index in [-0.39, 0.29) is 5.96 Å². The highest BCUT2D eigenvalue weighted by atomic mass is 15.1.